The number of aliphatic hydroxyl groups is 1. The van der Waals surface area contributed by atoms with E-state index < -0.39 is 18.3 Å². The zero-order chi connectivity index (χ0) is 22.7. The molecule has 0 radical (unpaired) electrons. The number of aliphatic carboxylic acids is 1. The maximum atomic E-state index is 13.7. The Morgan fingerprint density at radius 1 is 1.31 bits per heavy atom. The van der Waals surface area contributed by atoms with Gasteiger partial charge in [0.15, 0.2) is 0 Å². The Bertz CT molecular complexity index is 1160. The standard InChI is InChI=1S/C21H22FN5O5/c22-12-2-4-15(16(8-12)32-6-5-28)27-20-18-13-7-11(21(31)23-9-17(29)30)1-3-14(13)26-19(18)24-10-25-20/h2,4,8,10-11,28H,1,3,5-7,9H2,(H,23,31)(H,29,30)(H2,24,25,26,27). The van der Waals surface area contributed by atoms with Crippen LogP contribution in [0.4, 0.5) is 15.9 Å². The van der Waals surface area contributed by atoms with Gasteiger partial charge in [-0.15, -0.1) is 0 Å². The molecule has 2 heterocycles. The van der Waals surface area contributed by atoms with Crippen LogP contribution in [0.1, 0.15) is 17.7 Å². The Labute approximate surface area is 181 Å². The molecule has 1 aliphatic rings. The molecule has 1 aromatic carbocycles. The number of benzene rings is 1. The highest BCUT2D eigenvalue weighted by atomic mass is 19.1. The van der Waals surface area contributed by atoms with Gasteiger partial charge >= 0.3 is 5.97 Å². The number of rotatable bonds is 8. The summed E-state index contributed by atoms with van der Waals surface area (Å²) in [7, 11) is 0. The Morgan fingerprint density at radius 3 is 2.94 bits per heavy atom. The number of aromatic nitrogens is 3. The summed E-state index contributed by atoms with van der Waals surface area (Å²) in [5.41, 5.74) is 2.88. The first-order chi connectivity index (χ1) is 15.5. The van der Waals surface area contributed by atoms with E-state index in [9.17, 15) is 14.0 Å². The summed E-state index contributed by atoms with van der Waals surface area (Å²) in [4.78, 5) is 35.1. The Kier molecular flexibility index (Phi) is 6.17. The third-order valence-electron chi connectivity index (χ3n) is 5.31. The average Bonchev–Trinajstić information content (AvgIpc) is 3.16. The smallest absolute Gasteiger partial charge is 0.322 e. The molecular weight excluding hydrogens is 421 g/mol. The van der Waals surface area contributed by atoms with Crippen molar-refractivity contribution in [3.8, 4) is 5.75 Å². The van der Waals surface area contributed by atoms with Crippen molar-refractivity contribution in [1.29, 1.82) is 0 Å². The topological polar surface area (TPSA) is 149 Å². The normalized spacial score (nSPS) is 15.2. The van der Waals surface area contributed by atoms with Gasteiger partial charge < -0.3 is 30.6 Å². The lowest BCUT2D eigenvalue weighted by atomic mass is 9.86. The molecule has 168 valence electrons. The maximum absolute atomic E-state index is 13.7. The number of aliphatic hydroxyl groups excluding tert-OH is 1. The fourth-order valence-corrected chi connectivity index (χ4v) is 3.87. The molecule has 0 saturated heterocycles. The first-order valence-electron chi connectivity index (χ1n) is 10.1. The number of aromatic amines is 1. The molecule has 0 saturated carbocycles. The van der Waals surface area contributed by atoms with Crippen LogP contribution in [0, 0.1) is 11.7 Å². The second-order valence-corrected chi connectivity index (χ2v) is 7.42. The number of ether oxygens (including phenoxy) is 1. The summed E-state index contributed by atoms with van der Waals surface area (Å²) in [5, 5.41) is 24.1. The molecule has 4 rings (SSSR count). The lowest BCUT2D eigenvalue weighted by Crippen LogP contribution is -2.36. The summed E-state index contributed by atoms with van der Waals surface area (Å²) in [6.45, 7) is -0.637. The molecule has 2 aromatic heterocycles. The van der Waals surface area contributed by atoms with Gasteiger partial charge in [0, 0.05) is 17.7 Å². The van der Waals surface area contributed by atoms with Gasteiger partial charge in [-0.2, -0.15) is 0 Å². The van der Waals surface area contributed by atoms with E-state index in [-0.39, 0.29) is 30.8 Å². The predicted octanol–water partition coefficient (Wildman–Crippen LogP) is 1.52. The van der Waals surface area contributed by atoms with Crippen LogP contribution in [-0.4, -0.2) is 56.8 Å². The minimum atomic E-state index is -1.10. The number of carbonyl (C=O) groups excluding carboxylic acids is 1. The Hall–Kier alpha value is -3.73. The zero-order valence-electron chi connectivity index (χ0n) is 17.0. The highest BCUT2D eigenvalue weighted by Crippen LogP contribution is 2.36. The molecule has 1 unspecified atom stereocenters. The van der Waals surface area contributed by atoms with Gasteiger partial charge in [-0.3, -0.25) is 9.59 Å². The monoisotopic (exact) mass is 443 g/mol. The van der Waals surface area contributed by atoms with Crippen molar-refractivity contribution in [2.75, 3.05) is 25.1 Å². The van der Waals surface area contributed by atoms with Crippen molar-refractivity contribution < 1.29 is 28.9 Å². The largest absolute Gasteiger partial charge is 0.489 e. The summed E-state index contributed by atoms with van der Waals surface area (Å²) in [6.07, 6.45) is 2.98. The molecule has 1 aliphatic carbocycles. The van der Waals surface area contributed by atoms with Crippen LogP contribution in [-0.2, 0) is 22.4 Å². The second kappa shape index (κ2) is 9.18. The number of aryl methyl sites for hydroxylation is 1. The fraction of sp³-hybridized carbons (Fsp3) is 0.333. The zero-order valence-corrected chi connectivity index (χ0v) is 17.0. The van der Waals surface area contributed by atoms with Crippen LogP contribution in [0.25, 0.3) is 11.0 Å². The molecular formula is C21H22FN5O5. The predicted molar refractivity (Wildman–Crippen MR) is 112 cm³/mol. The number of carbonyl (C=O) groups is 2. The summed E-state index contributed by atoms with van der Waals surface area (Å²) >= 11 is 0. The molecule has 11 heteroatoms. The van der Waals surface area contributed by atoms with Gasteiger partial charge in [0.1, 0.15) is 42.5 Å². The van der Waals surface area contributed by atoms with Gasteiger partial charge in [-0.05, 0) is 37.0 Å². The fourth-order valence-electron chi connectivity index (χ4n) is 3.87. The van der Waals surface area contributed by atoms with Gasteiger partial charge in [0.2, 0.25) is 5.91 Å². The van der Waals surface area contributed by atoms with E-state index in [1.165, 1.54) is 24.5 Å². The lowest BCUT2D eigenvalue weighted by molar-refractivity contribution is -0.138. The maximum Gasteiger partial charge on any atom is 0.322 e. The molecule has 0 bridgehead atoms. The van der Waals surface area contributed by atoms with E-state index in [1.54, 1.807) is 0 Å². The van der Waals surface area contributed by atoms with Crippen molar-refractivity contribution in [3.05, 3.63) is 41.6 Å². The molecule has 0 aliphatic heterocycles. The number of nitrogens with one attached hydrogen (secondary N) is 3. The van der Waals surface area contributed by atoms with Crippen LogP contribution < -0.4 is 15.4 Å². The average molecular weight is 443 g/mol. The van der Waals surface area contributed by atoms with Crippen molar-refractivity contribution >= 4 is 34.4 Å². The third-order valence-corrected chi connectivity index (χ3v) is 5.31. The summed E-state index contributed by atoms with van der Waals surface area (Å²) in [5.74, 6) is -1.58. The molecule has 0 spiro atoms. The van der Waals surface area contributed by atoms with Crippen molar-refractivity contribution in [1.82, 2.24) is 20.3 Å². The molecule has 32 heavy (non-hydrogen) atoms. The van der Waals surface area contributed by atoms with E-state index in [0.717, 1.165) is 11.3 Å². The number of nitrogens with zero attached hydrogens (tertiary/aromatic N) is 2. The minimum absolute atomic E-state index is 0.00397. The van der Waals surface area contributed by atoms with E-state index in [2.05, 4.69) is 25.6 Å². The van der Waals surface area contributed by atoms with Crippen molar-refractivity contribution in [3.63, 3.8) is 0 Å². The number of anilines is 2. The van der Waals surface area contributed by atoms with Crippen molar-refractivity contribution in [2.45, 2.75) is 19.3 Å². The number of hydrogen-bond donors (Lipinski definition) is 5. The van der Waals surface area contributed by atoms with Crippen LogP contribution >= 0.6 is 0 Å². The summed E-state index contributed by atoms with van der Waals surface area (Å²) < 4.78 is 19.1. The summed E-state index contributed by atoms with van der Waals surface area (Å²) in [6, 6.07) is 4.00. The highest BCUT2D eigenvalue weighted by molar-refractivity contribution is 5.94. The van der Waals surface area contributed by atoms with Gasteiger partial charge in [-0.1, -0.05) is 0 Å². The van der Waals surface area contributed by atoms with Crippen molar-refractivity contribution in [2.24, 2.45) is 5.92 Å². The first kappa shape index (κ1) is 21.5. The van der Waals surface area contributed by atoms with Gasteiger partial charge in [0.05, 0.1) is 17.7 Å². The van der Waals surface area contributed by atoms with Crippen LogP contribution in [0.3, 0.4) is 0 Å². The SMILES string of the molecule is O=C(O)CNC(=O)C1CCc2[nH]c3ncnc(Nc4ccc(F)cc4OCCO)c3c2C1. The highest BCUT2D eigenvalue weighted by Gasteiger charge is 2.29. The van der Waals surface area contributed by atoms with Crippen LogP contribution in [0.15, 0.2) is 24.5 Å². The van der Waals surface area contributed by atoms with Gasteiger partial charge in [-0.25, -0.2) is 14.4 Å². The number of halogens is 1. The number of amides is 1. The molecule has 5 N–H and O–H groups in total. The number of carboxylic acids is 1. The van der Waals surface area contributed by atoms with Crippen LogP contribution in [0.5, 0.6) is 5.75 Å². The molecule has 1 atom stereocenters. The second-order valence-electron chi connectivity index (χ2n) is 7.42. The first-order valence-corrected chi connectivity index (χ1v) is 10.1. The Morgan fingerprint density at radius 2 is 2.16 bits per heavy atom. The molecule has 10 nitrogen and oxygen atoms in total. The number of fused-ring (bicyclic) bond motifs is 3. The number of hydrogen-bond acceptors (Lipinski definition) is 7. The lowest BCUT2D eigenvalue weighted by Gasteiger charge is -2.21. The van der Waals surface area contributed by atoms with E-state index >= 15 is 0 Å². The number of carboxylic acid groups (broad SMARTS) is 1. The van der Waals surface area contributed by atoms with E-state index in [1.807, 2.05) is 0 Å². The third kappa shape index (κ3) is 4.47. The van der Waals surface area contributed by atoms with Gasteiger partial charge in [0.25, 0.3) is 0 Å². The van der Waals surface area contributed by atoms with Crippen LogP contribution in [0.2, 0.25) is 0 Å². The molecule has 0 fully saturated rings. The Balaban J connectivity index is 1.65. The molecule has 1 amide bonds. The minimum Gasteiger partial charge on any atom is -0.489 e. The quantitative estimate of drug-likeness (QED) is 0.352. The number of H-pyrrole nitrogens is 1. The molecule has 3 aromatic rings. The van der Waals surface area contributed by atoms with E-state index in [4.69, 9.17) is 14.9 Å². The van der Waals surface area contributed by atoms with E-state index in [0.29, 0.717) is 41.8 Å².